The molecule has 0 saturated heterocycles. The van der Waals surface area contributed by atoms with E-state index in [0.717, 1.165) is 17.5 Å². The van der Waals surface area contributed by atoms with Gasteiger partial charge in [0.1, 0.15) is 10.8 Å². The lowest BCUT2D eigenvalue weighted by molar-refractivity contribution is -0.117. The summed E-state index contributed by atoms with van der Waals surface area (Å²) < 4.78 is 6.11. The molecule has 8 heteroatoms. The van der Waals surface area contributed by atoms with Gasteiger partial charge in [-0.2, -0.15) is 0 Å². The van der Waals surface area contributed by atoms with Crippen LogP contribution in [0.4, 0.5) is 9.80 Å². The summed E-state index contributed by atoms with van der Waals surface area (Å²) in [5.74, 6) is -0.291. The summed E-state index contributed by atoms with van der Waals surface area (Å²) in [6.45, 7) is 4.86. The van der Waals surface area contributed by atoms with Gasteiger partial charge < -0.3 is 20.7 Å². The van der Waals surface area contributed by atoms with Gasteiger partial charge in [-0.05, 0) is 44.9 Å². The molecular formula is C18H21N3O4S. The van der Waals surface area contributed by atoms with Crippen LogP contribution in [-0.4, -0.2) is 35.9 Å². The molecule has 0 bridgehead atoms. The highest BCUT2D eigenvalue weighted by Crippen LogP contribution is 2.39. The zero-order valence-electron chi connectivity index (χ0n) is 14.7. The molecule has 0 atom stereocenters. The lowest BCUT2D eigenvalue weighted by Gasteiger charge is -2.17. The van der Waals surface area contributed by atoms with E-state index in [1.807, 2.05) is 13.8 Å². The number of primary amides is 1. The Bertz CT molecular complexity index is 869. The maximum absolute atomic E-state index is 12.1. The highest BCUT2D eigenvalue weighted by Gasteiger charge is 2.31. The van der Waals surface area contributed by atoms with E-state index >= 15 is 0 Å². The second-order valence-electron chi connectivity index (χ2n) is 6.13. The Morgan fingerprint density at radius 1 is 1.27 bits per heavy atom. The van der Waals surface area contributed by atoms with E-state index in [2.05, 4.69) is 5.32 Å². The third kappa shape index (κ3) is 3.65. The SMILES string of the molecule is CCN(CC)C(=O)Oc1ccc2c(C(N)=O)c(NC(=O)C3CC3)sc2c1. The average Bonchev–Trinajstić information content (AvgIpc) is 3.37. The molecule has 0 spiro atoms. The third-order valence-corrected chi connectivity index (χ3v) is 5.39. The molecule has 0 aliphatic heterocycles. The molecule has 138 valence electrons. The van der Waals surface area contributed by atoms with Gasteiger partial charge in [-0.15, -0.1) is 11.3 Å². The van der Waals surface area contributed by atoms with Crippen molar-refractivity contribution in [1.29, 1.82) is 0 Å². The zero-order chi connectivity index (χ0) is 18.8. The van der Waals surface area contributed by atoms with Crippen molar-refractivity contribution in [2.75, 3.05) is 18.4 Å². The molecule has 26 heavy (non-hydrogen) atoms. The Morgan fingerprint density at radius 3 is 2.54 bits per heavy atom. The summed E-state index contributed by atoms with van der Waals surface area (Å²) in [7, 11) is 0. The number of ether oxygens (including phenoxy) is 1. The lowest BCUT2D eigenvalue weighted by atomic mass is 10.1. The molecule has 1 aliphatic carbocycles. The van der Waals surface area contributed by atoms with Crippen LogP contribution in [0.25, 0.3) is 10.1 Å². The largest absolute Gasteiger partial charge is 0.415 e. The smallest absolute Gasteiger partial charge is 0.410 e. The van der Waals surface area contributed by atoms with Gasteiger partial charge in [-0.25, -0.2) is 4.79 Å². The second kappa shape index (κ2) is 7.33. The van der Waals surface area contributed by atoms with Crippen LogP contribution < -0.4 is 15.8 Å². The van der Waals surface area contributed by atoms with Crippen molar-refractivity contribution in [3.05, 3.63) is 23.8 Å². The summed E-state index contributed by atoms with van der Waals surface area (Å²) in [4.78, 5) is 37.6. The third-order valence-electron chi connectivity index (χ3n) is 4.32. The predicted molar refractivity (Wildman–Crippen MR) is 101 cm³/mol. The van der Waals surface area contributed by atoms with Crippen molar-refractivity contribution < 1.29 is 19.1 Å². The van der Waals surface area contributed by atoms with Crippen LogP contribution in [0, 0.1) is 5.92 Å². The van der Waals surface area contributed by atoms with Crippen molar-refractivity contribution in [3.63, 3.8) is 0 Å². The van der Waals surface area contributed by atoms with Gasteiger partial charge in [0.25, 0.3) is 5.91 Å². The van der Waals surface area contributed by atoms with Gasteiger partial charge >= 0.3 is 6.09 Å². The topological polar surface area (TPSA) is 102 Å². The summed E-state index contributed by atoms with van der Waals surface area (Å²) in [5.41, 5.74) is 5.80. The van der Waals surface area contributed by atoms with Crippen molar-refractivity contribution in [2.24, 2.45) is 11.7 Å². The Morgan fingerprint density at radius 2 is 1.96 bits per heavy atom. The molecule has 1 saturated carbocycles. The van der Waals surface area contributed by atoms with Gasteiger partial charge in [0, 0.05) is 29.1 Å². The summed E-state index contributed by atoms with van der Waals surface area (Å²) in [5, 5.41) is 3.88. The standard InChI is InChI=1S/C18H21N3O4S/c1-3-21(4-2)18(24)25-11-7-8-12-13(9-11)26-17(14(12)15(19)22)20-16(23)10-5-6-10/h7-10H,3-6H2,1-2H3,(H2,19,22)(H,20,23). The number of nitrogens with zero attached hydrogens (tertiary/aromatic N) is 1. The number of anilines is 1. The fourth-order valence-corrected chi connectivity index (χ4v) is 3.82. The molecule has 1 fully saturated rings. The molecule has 7 nitrogen and oxygen atoms in total. The fourth-order valence-electron chi connectivity index (χ4n) is 2.68. The number of fused-ring (bicyclic) bond motifs is 1. The number of hydrogen-bond acceptors (Lipinski definition) is 5. The average molecular weight is 375 g/mol. The molecule has 0 unspecified atom stereocenters. The zero-order valence-corrected chi connectivity index (χ0v) is 15.5. The van der Waals surface area contributed by atoms with Gasteiger partial charge in [-0.3, -0.25) is 9.59 Å². The fraction of sp³-hybridized carbons (Fsp3) is 0.389. The monoisotopic (exact) mass is 375 g/mol. The lowest BCUT2D eigenvalue weighted by Crippen LogP contribution is -2.33. The van der Waals surface area contributed by atoms with E-state index in [1.165, 1.54) is 11.3 Å². The van der Waals surface area contributed by atoms with Gasteiger partial charge in [0.2, 0.25) is 5.91 Å². The summed E-state index contributed by atoms with van der Waals surface area (Å²) in [6, 6.07) is 4.99. The van der Waals surface area contributed by atoms with Crippen LogP contribution in [0.3, 0.4) is 0 Å². The molecule has 1 aromatic carbocycles. The van der Waals surface area contributed by atoms with E-state index < -0.39 is 12.0 Å². The van der Waals surface area contributed by atoms with Crippen LogP contribution in [0.5, 0.6) is 5.75 Å². The first-order valence-corrected chi connectivity index (χ1v) is 9.40. The van der Waals surface area contributed by atoms with Gasteiger partial charge in [0.15, 0.2) is 0 Å². The van der Waals surface area contributed by atoms with Crippen LogP contribution in [0.1, 0.15) is 37.0 Å². The molecule has 1 aliphatic rings. The molecular weight excluding hydrogens is 354 g/mol. The van der Waals surface area contributed by atoms with Crippen LogP contribution >= 0.6 is 11.3 Å². The second-order valence-corrected chi connectivity index (χ2v) is 7.18. The van der Waals surface area contributed by atoms with E-state index in [-0.39, 0.29) is 11.8 Å². The molecule has 0 radical (unpaired) electrons. The Kier molecular flexibility index (Phi) is 5.13. The minimum Gasteiger partial charge on any atom is -0.410 e. The minimum absolute atomic E-state index is 0.0199. The highest BCUT2D eigenvalue weighted by atomic mass is 32.1. The van der Waals surface area contributed by atoms with E-state index in [9.17, 15) is 14.4 Å². The van der Waals surface area contributed by atoms with Crippen LogP contribution in [-0.2, 0) is 4.79 Å². The van der Waals surface area contributed by atoms with Crippen molar-refractivity contribution in [1.82, 2.24) is 4.90 Å². The summed E-state index contributed by atoms with van der Waals surface area (Å²) >= 11 is 1.25. The molecule has 3 amide bonds. The molecule has 3 N–H and O–H groups in total. The minimum atomic E-state index is -0.602. The number of carbonyl (C=O) groups excluding carboxylic acids is 3. The first-order valence-electron chi connectivity index (χ1n) is 8.58. The van der Waals surface area contributed by atoms with Crippen molar-refractivity contribution in [3.8, 4) is 5.75 Å². The number of carbonyl (C=O) groups is 3. The molecule has 1 heterocycles. The highest BCUT2D eigenvalue weighted by molar-refractivity contribution is 7.23. The van der Waals surface area contributed by atoms with E-state index in [1.54, 1.807) is 23.1 Å². The van der Waals surface area contributed by atoms with E-state index in [4.69, 9.17) is 10.5 Å². The first-order chi connectivity index (χ1) is 12.4. The maximum Gasteiger partial charge on any atom is 0.415 e. The number of rotatable bonds is 6. The number of nitrogens with one attached hydrogen (secondary N) is 1. The number of hydrogen-bond donors (Lipinski definition) is 2. The van der Waals surface area contributed by atoms with Crippen LogP contribution in [0.2, 0.25) is 0 Å². The Labute approximate surface area is 155 Å². The van der Waals surface area contributed by atoms with Gasteiger partial charge in [0.05, 0.1) is 5.56 Å². The maximum atomic E-state index is 12.1. The Balaban J connectivity index is 1.90. The quantitative estimate of drug-likeness (QED) is 0.809. The summed E-state index contributed by atoms with van der Waals surface area (Å²) in [6.07, 6.45) is 1.31. The number of thiophene rings is 1. The predicted octanol–water partition coefficient (Wildman–Crippen LogP) is 3.19. The molecule has 3 rings (SSSR count). The van der Waals surface area contributed by atoms with Crippen LogP contribution in [0.15, 0.2) is 18.2 Å². The van der Waals surface area contributed by atoms with Gasteiger partial charge in [-0.1, -0.05) is 0 Å². The van der Waals surface area contributed by atoms with Crippen molar-refractivity contribution in [2.45, 2.75) is 26.7 Å². The Hall–Kier alpha value is -2.61. The number of benzene rings is 1. The number of nitrogens with two attached hydrogens (primary N) is 1. The number of amides is 3. The normalized spacial score (nSPS) is 13.5. The molecule has 1 aromatic heterocycles. The van der Waals surface area contributed by atoms with E-state index in [0.29, 0.717) is 34.8 Å². The molecule has 2 aromatic rings. The van der Waals surface area contributed by atoms with Crippen molar-refractivity contribution >= 4 is 44.3 Å². The first kappa shape index (κ1) is 18.2.